The average molecular weight is 308 g/mol. The molecule has 0 aliphatic carbocycles. The van der Waals surface area contributed by atoms with E-state index in [0.29, 0.717) is 19.3 Å². The van der Waals surface area contributed by atoms with Crippen molar-refractivity contribution >= 4 is 11.9 Å². The highest BCUT2D eigenvalue weighted by Gasteiger charge is 2.33. The van der Waals surface area contributed by atoms with Crippen LogP contribution in [0.4, 0.5) is 0 Å². The average Bonchev–Trinajstić information content (AvgIpc) is 2.46. The number of aliphatic carboxylic acids is 1. The molecule has 0 fully saturated rings. The maximum absolute atomic E-state index is 11.5. The van der Waals surface area contributed by atoms with Crippen LogP contribution >= 0.6 is 0 Å². The number of rotatable bonds is 11. The zero-order valence-electron chi connectivity index (χ0n) is 11.5. The summed E-state index contributed by atoms with van der Waals surface area (Å²) in [6.07, 6.45) is -6.08. The summed E-state index contributed by atoms with van der Waals surface area (Å²) in [4.78, 5) is 21.6. The van der Waals surface area contributed by atoms with Gasteiger partial charge in [-0.25, -0.2) is 0 Å². The van der Waals surface area contributed by atoms with Gasteiger partial charge in [-0.05, 0) is 19.3 Å². The van der Waals surface area contributed by atoms with Crippen molar-refractivity contribution in [2.75, 3.05) is 13.2 Å². The highest BCUT2D eigenvalue weighted by Crippen LogP contribution is 2.05. The molecular weight excluding hydrogens is 286 g/mol. The van der Waals surface area contributed by atoms with Gasteiger partial charge in [-0.2, -0.15) is 0 Å². The fourth-order valence-corrected chi connectivity index (χ4v) is 1.56. The number of aliphatic hydroxyl groups excluding tert-OH is 5. The van der Waals surface area contributed by atoms with Crippen LogP contribution < -0.4 is 10.4 Å². The minimum Gasteiger partial charge on any atom is -0.550 e. The summed E-state index contributed by atoms with van der Waals surface area (Å²) < 4.78 is 0. The van der Waals surface area contributed by atoms with Gasteiger partial charge in [-0.1, -0.05) is 6.42 Å². The van der Waals surface area contributed by atoms with Crippen molar-refractivity contribution in [2.45, 2.75) is 50.1 Å². The lowest BCUT2D eigenvalue weighted by molar-refractivity contribution is -0.305. The van der Waals surface area contributed by atoms with Gasteiger partial charge in [0.1, 0.15) is 18.3 Å². The van der Waals surface area contributed by atoms with Crippen molar-refractivity contribution in [3.8, 4) is 0 Å². The van der Waals surface area contributed by atoms with E-state index in [2.05, 4.69) is 5.32 Å². The number of carbonyl (C=O) groups is 2. The number of amides is 1. The SMILES string of the molecule is O=C([O-])CCCCCNC(=O)[C@@H](O)[C@@H](O)[C@H](O)[C@H](O)CO. The van der Waals surface area contributed by atoms with E-state index in [-0.39, 0.29) is 13.0 Å². The number of unbranched alkanes of at least 4 members (excludes halogenated alkanes) is 2. The zero-order chi connectivity index (χ0) is 16.4. The van der Waals surface area contributed by atoms with Crippen LogP contribution in [0.5, 0.6) is 0 Å². The third kappa shape index (κ3) is 7.93. The molecule has 0 spiro atoms. The molecule has 0 bridgehead atoms. The molecule has 0 unspecified atom stereocenters. The van der Waals surface area contributed by atoms with Crippen LogP contribution in [-0.4, -0.2) is 75.0 Å². The molecule has 0 aromatic rings. The van der Waals surface area contributed by atoms with Crippen molar-refractivity contribution in [2.24, 2.45) is 0 Å². The maximum atomic E-state index is 11.5. The van der Waals surface area contributed by atoms with Gasteiger partial charge < -0.3 is 40.8 Å². The number of carbonyl (C=O) groups excluding carboxylic acids is 2. The van der Waals surface area contributed by atoms with E-state index in [0.717, 1.165) is 0 Å². The molecule has 6 N–H and O–H groups in total. The first kappa shape index (κ1) is 19.7. The summed E-state index contributed by atoms with van der Waals surface area (Å²) in [6, 6.07) is 0. The van der Waals surface area contributed by atoms with Gasteiger partial charge in [0.25, 0.3) is 5.91 Å². The molecule has 9 nitrogen and oxygen atoms in total. The molecule has 0 aliphatic rings. The summed E-state index contributed by atoms with van der Waals surface area (Å²) >= 11 is 0. The van der Waals surface area contributed by atoms with Crippen LogP contribution in [0.15, 0.2) is 0 Å². The zero-order valence-corrected chi connectivity index (χ0v) is 11.5. The smallest absolute Gasteiger partial charge is 0.251 e. The summed E-state index contributed by atoms with van der Waals surface area (Å²) in [5.41, 5.74) is 0. The topological polar surface area (TPSA) is 170 Å². The minimum atomic E-state index is -1.95. The van der Waals surface area contributed by atoms with E-state index < -0.39 is 42.9 Å². The van der Waals surface area contributed by atoms with Gasteiger partial charge in [0, 0.05) is 12.5 Å². The van der Waals surface area contributed by atoms with Gasteiger partial charge in [-0.3, -0.25) is 4.79 Å². The largest absolute Gasteiger partial charge is 0.550 e. The van der Waals surface area contributed by atoms with Gasteiger partial charge in [0.05, 0.1) is 6.61 Å². The van der Waals surface area contributed by atoms with Crippen molar-refractivity contribution < 1.29 is 40.2 Å². The highest BCUT2D eigenvalue weighted by molar-refractivity contribution is 5.81. The minimum absolute atomic E-state index is 0.0689. The quantitative estimate of drug-likeness (QED) is 0.209. The lowest BCUT2D eigenvalue weighted by Crippen LogP contribution is -2.51. The molecule has 21 heavy (non-hydrogen) atoms. The summed E-state index contributed by atoms with van der Waals surface area (Å²) in [5, 5.41) is 58.4. The first-order valence-electron chi connectivity index (χ1n) is 6.62. The molecule has 0 saturated carbocycles. The molecule has 0 heterocycles. The van der Waals surface area contributed by atoms with Gasteiger partial charge in [-0.15, -0.1) is 0 Å². The van der Waals surface area contributed by atoms with E-state index in [4.69, 9.17) is 10.2 Å². The van der Waals surface area contributed by atoms with Crippen LogP contribution in [0.1, 0.15) is 25.7 Å². The second-order valence-corrected chi connectivity index (χ2v) is 4.65. The Morgan fingerprint density at radius 1 is 1.00 bits per heavy atom. The number of hydrogen-bond acceptors (Lipinski definition) is 8. The lowest BCUT2D eigenvalue weighted by atomic mass is 10.0. The Balaban J connectivity index is 3.96. The van der Waals surface area contributed by atoms with Crippen molar-refractivity contribution in [3.63, 3.8) is 0 Å². The fraction of sp³-hybridized carbons (Fsp3) is 0.833. The highest BCUT2D eigenvalue weighted by atomic mass is 16.4. The molecule has 0 aliphatic heterocycles. The summed E-state index contributed by atoms with van der Waals surface area (Å²) in [5.74, 6) is -2.08. The second kappa shape index (κ2) is 10.5. The Kier molecular flexibility index (Phi) is 9.84. The van der Waals surface area contributed by atoms with Crippen LogP contribution in [0.2, 0.25) is 0 Å². The number of hydrogen-bond donors (Lipinski definition) is 6. The predicted octanol–water partition coefficient (Wildman–Crippen LogP) is -4.15. The molecule has 0 saturated heterocycles. The van der Waals surface area contributed by atoms with Gasteiger partial charge >= 0.3 is 0 Å². The number of aliphatic hydroxyl groups is 5. The Morgan fingerprint density at radius 3 is 2.14 bits per heavy atom. The van der Waals surface area contributed by atoms with Crippen LogP contribution in [0.25, 0.3) is 0 Å². The molecule has 0 radical (unpaired) electrons. The van der Waals surface area contributed by atoms with E-state index in [1.54, 1.807) is 0 Å². The van der Waals surface area contributed by atoms with Crippen molar-refractivity contribution in [3.05, 3.63) is 0 Å². The normalized spacial score (nSPS) is 16.8. The first-order valence-corrected chi connectivity index (χ1v) is 6.62. The van der Waals surface area contributed by atoms with Crippen LogP contribution in [0, 0.1) is 0 Å². The molecule has 124 valence electrons. The Labute approximate surface area is 121 Å². The second-order valence-electron chi connectivity index (χ2n) is 4.65. The molecule has 1 amide bonds. The third-order valence-electron chi connectivity index (χ3n) is 2.88. The predicted molar refractivity (Wildman–Crippen MR) is 67.6 cm³/mol. The number of carboxylic acids is 1. The van der Waals surface area contributed by atoms with Crippen LogP contribution in [-0.2, 0) is 9.59 Å². The van der Waals surface area contributed by atoms with Gasteiger partial charge in [0.2, 0.25) is 0 Å². The van der Waals surface area contributed by atoms with E-state index in [1.807, 2.05) is 0 Å². The number of carboxylic acid groups (broad SMARTS) is 1. The van der Waals surface area contributed by atoms with Crippen LogP contribution in [0.3, 0.4) is 0 Å². The van der Waals surface area contributed by atoms with Gasteiger partial charge in [0.15, 0.2) is 6.10 Å². The fourth-order valence-electron chi connectivity index (χ4n) is 1.56. The van der Waals surface area contributed by atoms with E-state index >= 15 is 0 Å². The summed E-state index contributed by atoms with van der Waals surface area (Å²) in [7, 11) is 0. The molecule has 0 aromatic carbocycles. The first-order chi connectivity index (χ1) is 9.81. The lowest BCUT2D eigenvalue weighted by Gasteiger charge is -2.24. The molecule has 0 rings (SSSR count). The van der Waals surface area contributed by atoms with E-state index in [1.165, 1.54) is 0 Å². The monoisotopic (exact) mass is 308 g/mol. The van der Waals surface area contributed by atoms with E-state index in [9.17, 15) is 30.0 Å². The molecule has 0 aromatic heterocycles. The standard InChI is InChI=1S/C12H23NO8/c14-6-7(15)9(18)10(19)11(20)12(21)13-5-3-1-2-4-8(16)17/h7,9-11,14-15,18-20H,1-6H2,(H,13,21)(H,16,17)/p-1/t7-,9-,10+,11+/m1/s1. The molecule has 9 heteroatoms. The Hall–Kier alpha value is -1.26. The van der Waals surface area contributed by atoms with Crippen molar-refractivity contribution in [1.29, 1.82) is 0 Å². The molecule has 4 atom stereocenters. The maximum Gasteiger partial charge on any atom is 0.251 e. The third-order valence-corrected chi connectivity index (χ3v) is 2.88. The Morgan fingerprint density at radius 2 is 1.62 bits per heavy atom. The number of nitrogens with one attached hydrogen (secondary N) is 1. The summed E-state index contributed by atoms with van der Waals surface area (Å²) in [6.45, 7) is -0.667. The molecular formula is C12H22NO8-. The van der Waals surface area contributed by atoms with Crippen molar-refractivity contribution in [1.82, 2.24) is 5.32 Å². The Bertz CT molecular complexity index is 324.